The third kappa shape index (κ3) is 3.53. The molecule has 2 N–H and O–H groups in total. The standard InChI is InChI=1S/C16H21NO7/c1-21-11-6-10(7-12(22-2)14(11)23-3)8-13(18)17-16(15(19)20)4-5-24-9-16/h6-7H,4-5,8-9H2,1-3H3,(H,17,18)(H,19,20). The van der Waals surface area contributed by atoms with E-state index in [9.17, 15) is 14.7 Å². The number of carbonyl (C=O) groups excluding carboxylic acids is 1. The summed E-state index contributed by atoms with van der Waals surface area (Å²) in [6.45, 7) is 0.264. The number of ether oxygens (including phenoxy) is 4. The van der Waals surface area contributed by atoms with Gasteiger partial charge in [0, 0.05) is 13.0 Å². The fraction of sp³-hybridized carbons (Fsp3) is 0.500. The van der Waals surface area contributed by atoms with Crippen molar-refractivity contribution >= 4 is 11.9 Å². The van der Waals surface area contributed by atoms with Crippen LogP contribution in [-0.2, 0) is 20.7 Å². The number of nitrogens with one attached hydrogen (secondary N) is 1. The molecule has 0 spiro atoms. The van der Waals surface area contributed by atoms with E-state index in [0.717, 1.165) is 0 Å². The lowest BCUT2D eigenvalue weighted by Gasteiger charge is -2.23. The van der Waals surface area contributed by atoms with E-state index in [4.69, 9.17) is 18.9 Å². The Labute approximate surface area is 139 Å². The van der Waals surface area contributed by atoms with Gasteiger partial charge in [-0.3, -0.25) is 4.79 Å². The predicted octanol–water partition coefficient (Wildman–Crippen LogP) is 0.615. The maximum absolute atomic E-state index is 12.3. The van der Waals surface area contributed by atoms with E-state index in [1.54, 1.807) is 12.1 Å². The molecule has 1 aliphatic rings. The lowest BCUT2D eigenvalue weighted by atomic mass is 9.98. The SMILES string of the molecule is COc1cc(CC(=O)NC2(C(=O)O)CCOC2)cc(OC)c1OC. The fourth-order valence-electron chi connectivity index (χ4n) is 2.62. The van der Waals surface area contributed by atoms with Gasteiger partial charge in [-0.05, 0) is 17.7 Å². The van der Waals surface area contributed by atoms with Crippen molar-refractivity contribution in [3.8, 4) is 17.2 Å². The first-order valence-corrected chi connectivity index (χ1v) is 7.37. The van der Waals surface area contributed by atoms with E-state index in [1.165, 1.54) is 21.3 Å². The minimum Gasteiger partial charge on any atom is -0.493 e. The van der Waals surface area contributed by atoms with Gasteiger partial charge in [0.15, 0.2) is 17.0 Å². The molecular formula is C16H21NO7. The number of hydrogen-bond donors (Lipinski definition) is 2. The van der Waals surface area contributed by atoms with Crippen molar-refractivity contribution < 1.29 is 33.6 Å². The first-order chi connectivity index (χ1) is 11.5. The van der Waals surface area contributed by atoms with Gasteiger partial charge in [-0.2, -0.15) is 0 Å². The highest BCUT2D eigenvalue weighted by Crippen LogP contribution is 2.38. The molecular weight excluding hydrogens is 318 g/mol. The molecule has 1 heterocycles. The number of benzene rings is 1. The second kappa shape index (κ2) is 7.39. The van der Waals surface area contributed by atoms with Crippen molar-refractivity contribution in [2.45, 2.75) is 18.4 Å². The van der Waals surface area contributed by atoms with Crippen LogP contribution < -0.4 is 19.5 Å². The van der Waals surface area contributed by atoms with Crippen molar-refractivity contribution in [2.75, 3.05) is 34.5 Å². The van der Waals surface area contributed by atoms with E-state index in [1.807, 2.05) is 0 Å². The lowest BCUT2D eigenvalue weighted by molar-refractivity contribution is -0.147. The van der Waals surface area contributed by atoms with Gasteiger partial charge in [-0.15, -0.1) is 0 Å². The number of amides is 1. The Bertz CT molecular complexity index is 598. The molecule has 0 aliphatic carbocycles. The van der Waals surface area contributed by atoms with Gasteiger partial charge in [0.2, 0.25) is 11.7 Å². The van der Waals surface area contributed by atoms with Crippen LogP contribution in [0.3, 0.4) is 0 Å². The van der Waals surface area contributed by atoms with Crippen molar-refractivity contribution in [3.63, 3.8) is 0 Å². The number of methoxy groups -OCH3 is 3. The molecule has 1 aromatic carbocycles. The highest BCUT2D eigenvalue weighted by molar-refractivity contribution is 5.88. The number of carboxylic acids is 1. The highest BCUT2D eigenvalue weighted by atomic mass is 16.5. The second-order valence-corrected chi connectivity index (χ2v) is 5.45. The van der Waals surface area contributed by atoms with E-state index >= 15 is 0 Å². The Balaban J connectivity index is 2.18. The molecule has 1 amide bonds. The maximum Gasteiger partial charge on any atom is 0.331 e. The molecule has 0 aromatic heterocycles. The maximum atomic E-state index is 12.3. The summed E-state index contributed by atoms with van der Waals surface area (Å²) in [6, 6.07) is 3.30. The zero-order chi connectivity index (χ0) is 17.7. The summed E-state index contributed by atoms with van der Waals surface area (Å²) in [6.07, 6.45) is 0.217. The first kappa shape index (κ1) is 17.9. The van der Waals surface area contributed by atoms with Crippen LogP contribution in [0, 0.1) is 0 Å². The molecule has 0 bridgehead atoms. The summed E-state index contributed by atoms with van der Waals surface area (Å²) < 4.78 is 20.8. The molecule has 24 heavy (non-hydrogen) atoms. The van der Waals surface area contributed by atoms with Crippen LogP contribution >= 0.6 is 0 Å². The van der Waals surface area contributed by atoms with Crippen molar-refractivity contribution in [1.82, 2.24) is 5.32 Å². The molecule has 0 radical (unpaired) electrons. The fourth-order valence-corrected chi connectivity index (χ4v) is 2.62. The Morgan fingerprint density at radius 2 is 1.83 bits per heavy atom. The van der Waals surface area contributed by atoms with Crippen molar-refractivity contribution in [1.29, 1.82) is 0 Å². The summed E-state index contributed by atoms with van der Waals surface area (Å²) in [7, 11) is 4.45. The first-order valence-electron chi connectivity index (χ1n) is 7.37. The summed E-state index contributed by atoms with van der Waals surface area (Å²) >= 11 is 0. The smallest absolute Gasteiger partial charge is 0.331 e. The van der Waals surface area contributed by atoms with Gasteiger partial charge in [-0.1, -0.05) is 0 Å². The second-order valence-electron chi connectivity index (χ2n) is 5.45. The van der Waals surface area contributed by atoms with Crippen LogP contribution in [0.4, 0.5) is 0 Å². The number of aliphatic carboxylic acids is 1. The number of hydrogen-bond acceptors (Lipinski definition) is 6. The third-order valence-corrected chi connectivity index (χ3v) is 3.90. The van der Waals surface area contributed by atoms with Gasteiger partial charge in [0.05, 0.1) is 34.4 Å². The minimum absolute atomic E-state index is 0.0221. The molecule has 1 unspecified atom stereocenters. The number of carbonyl (C=O) groups is 2. The van der Waals surface area contributed by atoms with E-state index in [2.05, 4.69) is 5.32 Å². The van der Waals surface area contributed by atoms with Crippen LogP contribution in [0.25, 0.3) is 0 Å². The van der Waals surface area contributed by atoms with E-state index in [-0.39, 0.29) is 19.4 Å². The molecule has 132 valence electrons. The van der Waals surface area contributed by atoms with Gasteiger partial charge in [0.1, 0.15) is 0 Å². The van der Waals surface area contributed by atoms with Gasteiger partial charge < -0.3 is 29.4 Å². The molecule has 1 atom stereocenters. The highest BCUT2D eigenvalue weighted by Gasteiger charge is 2.43. The predicted molar refractivity (Wildman–Crippen MR) is 83.7 cm³/mol. The summed E-state index contributed by atoms with van der Waals surface area (Å²) in [5.41, 5.74) is -0.751. The summed E-state index contributed by atoms with van der Waals surface area (Å²) in [4.78, 5) is 23.7. The average Bonchev–Trinajstić information content (AvgIpc) is 3.03. The molecule has 1 saturated heterocycles. The molecule has 1 fully saturated rings. The largest absolute Gasteiger partial charge is 0.493 e. The van der Waals surface area contributed by atoms with Gasteiger partial charge in [0.25, 0.3) is 0 Å². The quantitative estimate of drug-likeness (QED) is 0.750. The Kier molecular flexibility index (Phi) is 5.50. The average molecular weight is 339 g/mol. The van der Waals surface area contributed by atoms with Crippen LogP contribution in [0.15, 0.2) is 12.1 Å². The van der Waals surface area contributed by atoms with Crippen molar-refractivity contribution in [3.05, 3.63) is 17.7 Å². The van der Waals surface area contributed by atoms with E-state index in [0.29, 0.717) is 29.4 Å². The van der Waals surface area contributed by atoms with Crippen molar-refractivity contribution in [2.24, 2.45) is 0 Å². The Morgan fingerprint density at radius 3 is 2.25 bits per heavy atom. The zero-order valence-corrected chi connectivity index (χ0v) is 13.9. The normalized spacial score (nSPS) is 19.6. The van der Waals surface area contributed by atoms with Crippen LogP contribution in [0.2, 0.25) is 0 Å². The molecule has 8 nitrogen and oxygen atoms in total. The summed E-state index contributed by atoms with van der Waals surface area (Å²) in [5.74, 6) is -0.237. The van der Waals surface area contributed by atoms with Crippen LogP contribution in [0.1, 0.15) is 12.0 Å². The minimum atomic E-state index is -1.36. The van der Waals surface area contributed by atoms with Gasteiger partial charge >= 0.3 is 5.97 Å². The van der Waals surface area contributed by atoms with E-state index < -0.39 is 17.4 Å². The topological polar surface area (TPSA) is 103 Å². The summed E-state index contributed by atoms with van der Waals surface area (Å²) in [5, 5.41) is 11.9. The Hall–Kier alpha value is -2.48. The monoisotopic (exact) mass is 339 g/mol. The molecule has 1 aromatic rings. The molecule has 1 aliphatic heterocycles. The van der Waals surface area contributed by atoms with Crippen LogP contribution in [-0.4, -0.2) is 57.1 Å². The molecule has 8 heteroatoms. The zero-order valence-electron chi connectivity index (χ0n) is 13.9. The number of carboxylic acid groups (broad SMARTS) is 1. The lowest BCUT2D eigenvalue weighted by Crippen LogP contribution is -2.55. The van der Waals surface area contributed by atoms with Crippen LogP contribution in [0.5, 0.6) is 17.2 Å². The third-order valence-electron chi connectivity index (χ3n) is 3.90. The Morgan fingerprint density at radius 1 is 1.21 bits per heavy atom. The van der Waals surface area contributed by atoms with Gasteiger partial charge in [-0.25, -0.2) is 4.79 Å². The molecule has 0 saturated carbocycles. The molecule has 2 rings (SSSR count). The number of rotatable bonds is 7.